The molecule has 0 N–H and O–H groups in total. The second kappa shape index (κ2) is 7.59. The minimum absolute atomic E-state index is 0.291. The van der Waals surface area contributed by atoms with Gasteiger partial charge in [-0.25, -0.2) is 0 Å². The van der Waals surface area contributed by atoms with Gasteiger partial charge in [-0.15, -0.1) is 0 Å². The van der Waals surface area contributed by atoms with Crippen molar-refractivity contribution in [1.82, 2.24) is 0 Å². The lowest BCUT2D eigenvalue weighted by Crippen LogP contribution is -2.52. The Morgan fingerprint density at radius 1 is 1.00 bits per heavy atom. The molecule has 0 radical (unpaired) electrons. The molecule has 0 heterocycles. The van der Waals surface area contributed by atoms with Crippen LogP contribution in [0, 0.1) is 52.3 Å². The van der Waals surface area contributed by atoms with Gasteiger partial charge in [0.05, 0.1) is 0 Å². The van der Waals surface area contributed by atoms with Gasteiger partial charge in [0, 0.05) is 6.42 Å². The summed E-state index contributed by atoms with van der Waals surface area (Å²) in [6.45, 7) is 12.5. The molecule has 28 heavy (non-hydrogen) atoms. The van der Waals surface area contributed by atoms with Crippen LogP contribution in [0.3, 0.4) is 0 Å². The van der Waals surface area contributed by atoms with Gasteiger partial charge in [-0.3, -0.25) is 4.79 Å². The highest BCUT2D eigenvalue weighted by atomic mass is 16.1. The van der Waals surface area contributed by atoms with Gasteiger partial charge < -0.3 is 0 Å². The lowest BCUT2D eigenvalue weighted by molar-refractivity contribution is -0.122. The Morgan fingerprint density at radius 2 is 1.79 bits per heavy atom. The van der Waals surface area contributed by atoms with Crippen LogP contribution in [0.4, 0.5) is 0 Å². The Labute approximate surface area is 174 Å². The highest BCUT2D eigenvalue weighted by Gasteiger charge is 2.59. The van der Waals surface area contributed by atoms with E-state index in [-0.39, 0.29) is 0 Å². The summed E-state index contributed by atoms with van der Waals surface area (Å²) in [6.07, 6.45) is 17.8. The fourth-order valence-electron chi connectivity index (χ4n) is 8.66. The predicted molar refractivity (Wildman–Crippen MR) is 118 cm³/mol. The maximum absolute atomic E-state index is 12.0. The molecular formula is C27H44O. The van der Waals surface area contributed by atoms with Crippen LogP contribution in [0.1, 0.15) is 98.8 Å². The average Bonchev–Trinajstić information content (AvgIpc) is 2.99. The predicted octanol–water partition coefficient (Wildman–Crippen LogP) is 7.45. The van der Waals surface area contributed by atoms with Crippen molar-refractivity contribution in [3.63, 3.8) is 0 Å². The lowest BCUT2D eigenvalue weighted by atomic mass is 9.45. The summed E-state index contributed by atoms with van der Waals surface area (Å²) in [4.78, 5) is 12.0. The maximum Gasteiger partial charge on any atom is 0.155 e. The first-order chi connectivity index (χ1) is 13.3. The molecular weight excluding hydrogens is 340 g/mol. The van der Waals surface area contributed by atoms with Gasteiger partial charge >= 0.3 is 0 Å². The minimum atomic E-state index is 0.291. The molecule has 0 aromatic carbocycles. The summed E-state index contributed by atoms with van der Waals surface area (Å²) in [5.41, 5.74) is 0.870. The average molecular weight is 385 g/mol. The van der Waals surface area contributed by atoms with Gasteiger partial charge in [0.25, 0.3) is 0 Å². The van der Waals surface area contributed by atoms with E-state index in [4.69, 9.17) is 0 Å². The van der Waals surface area contributed by atoms with Gasteiger partial charge in [-0.1, -0.05) is 60.0 Å². The molecule has 0 aliphatic heterocycles. The quantitative estimate of drug-likeness (QED) is 0.481. The van der Waals surface area contributed by atoms with E-state index in [2.05, 4.69) is 40.7 Å². The fraction of sp³-hybridized carbons (Fsp3) is 0.889. The van der Waals surface area contributed by atoms with Crippen LogP contribution in [0.15, 0.2) is 12.2 Å². The van der Waals surface area contributed by atoms with Gasteiger partial charge in [0.2, 0.25) is 0 Å². The number of rotatable bonds is 5. The summed E-state index contributed by atoms with van der Waals surface area (Å²) in [5.74, 6) is 6.34. The van der Waals surface area contributed by atoms with Crippen LogP contribution in [-0.4, -0.2) is 5.78 Å². The summed E-state index contributed by atoms with van der Waals surface area (Å²) in [6, 6.07) is 0. The van der Waals surface area contributed by atoms with Crippen molar-refractivity contribution in [3.05, 3.63) is 12.2 Å². The van der Waals surface area contributed by atoms with Crippen molar-refractivity contribution in [3.8, 4) is 0 Å². The monoisotopic (exact) mass is 384 g/mol. The van der Waals surface area contributed by atoms with Crippen molar-refractivity contribution >= 4 is 5.78 Å². The molecule has 0 saturated heterocycles. The van der Waals surface area contributed by atoms with E-state index in [9.17, 15) is 4.79 Å². The molecule has 158 valence electrons. The van der Waals surface area contributed by atoms with Crippen LogP contribution in [0.5, 0.6) is 0 Å². The topological polar surface area (TPSA) is 17.1 Å². The van der Waals surface area contributed by atoms with E-state index in [1.165, 1.54) is 57.8 Å². The van der Waals surface area contributed by atoms with Crippen LogP contribution in [-0.2, 0) is 4.79 Å². The van der Waals surface area contributed by atoms with Crippen molar-refractivity contribution in [2.24, 2.45) is 52.3 Å². The van der Waals surface area contributed by atoms with E-state index >= 15 is 0 Å². The minimum Gasteiger partial charge on any atom is -0.295 e. The zero-order valence-electron chi connectivity index (χ0n) is 19.2. The molecule has 3 saturated carbocycles. The first kappa shape index (κ1) is 20.7. The number of hydrogen-bond acceptors (Lipinski definition) is 1. The summed E-state index contributed by atoms with van der Waals surface area (Å²) in [7, 11) is 0. The van der Waals surface area contributed by atoms with E-state index in [1.807, 2.05) is 6.08 Å². The molecule has 4 aliphatic rings. The molecule has 0 aromatic heterocycles. The molecule has 1 nitrogen and oxygen atoms in total. The molecule has 0 aromatic rings. The number of ketones is 1. The molecule has 0 bridgehead atoms. The van der Waals surface area contributed by atoms with E-state index in [0.717, 1.165) is 41.9 Å². The second-order valence-corrected chi connectivity index (χ2v) is 12.1. The molecule has 3 fully saturated rings. The Bertz CT molecular complexity index is 618. The van der Waals surface area contributed by atoms with Crippen LogP contribution in [0.2, 0.25) is 0 Å². The number of allylic oxidation sites excluding steroid dienone is 2. The van der Waals surface area contributed by atoms with Crippen LogP contribution < -0.4 is 0 Å². The Hall–Kier alpha value is -0.590. The van der Waals surface area contributed by atoms with E-state index in [1.54, 1.807) is 0 Å². The smallest absolute Gasteiger partial charge is 0.155 e. The summed E-state index contributed by atoms with van der Waals surface area (Å²) >= 11 is 0. The van der Waals surface area contributed by atoms with Gasteiger partial charge in [-0.2, -0.15) is 0 Å². The summed E-state index contributed by atoms with van der Waals surface area (Å²) in [5, 5.41) is 0. The Morgan fingerprint density at radius 3 is 2.54 bits per heavy atom. The third kappa shape index (κ3) is 3.33. The fourth-order valence-corrected chi connectivity index (χ4v) is 8.66. The van der Waals surface area contributed by atoms with Crippen LogP contribution in [0.25, 0.3) is 0 Å². The lowest BCUT2D eigenvalue weighted by Gasteiger charge is -2.59. The molecule has 1 heteroatoms. The second-order valence-electron chi connectivity index (χ2n) is 12.1. The maximum atomic E-state index is 12.0. The zero-order chi connectivity index (χ0) is 20.1. The first-order valence-corrected chi connectivity index (χ1v) is 12.5. The number of carbonyl (C=O) groups excluding carboxylic acids is 1. The molecule has 0 amide bonds. The molecule has 4 aliphatic carbocycles. The van der Waals surface area contributed by atoms with Gasteiger partial charge in [0.1, 0.15) is 0 Å². The standard InChI is InChI=1S/C27H44O/c1-18(2)7-6-8-19(3)23-11-12-24-22-10-9-20-17-21(28)13-15-26(20,4)25(22)14-16-27(23,24)5/h13,15,18-20,22-25H,6-12,14,16-17H2,1-5H3/t19-,20+,22?,23?,24?,25?,26?,27?/m1/s1. The van der Waals surface area contributed by atoms with Gasteiger partial charge in [0.15, 0.2) is 5.78 Å². The highest BCUT2D eigenvalue weighted by molar-refractivity contribution is 5.91. The number of fused-ring (bicyclic) bond motifs is 5. The largest absolute Gasteiger partial charge is 0.295 e. The molecule has 4 rings (SSSR count). The number of hydrogen-bond donors (Lipinski definition) is 0. The Kier molecular flexibility index (Phi) is 5.60. The summed E-state index contributed by atoms with van der Waals surface area (Å²) < 4.78 is 0. The van der Waals surface area contributed by atoms with Crippen molar-refractivity contribution < 1.29 is 4.79 Å². The van der Waals surface area contributed by atoms with E-state index in [0.29, 0.717) is 22.5 Å². The van der Waals surface area contributed by atoms with Crippen LogP contribution >= 0.6 is 0 Å². The van der Waals surface area contributed by atoms with Crippen molar-refractivity contribution in [2.45, 2.75) is 98.8 Å². The van der Waals surface area contributed by atoms with Crippen molar-refractivity contribution in [1.29, 1.82) is 0 Å². The third-order valence-electron chi connectivity index (χ3n) is 10.2. The molecule has 0 spiro atoms. The Balaban J connectivity index is 1.49. The molecule has 6 unspecified atom stereocenters. The normalized spacial score (nSPS) is 46.2. The third-order valence-corrected chi connectivity index (χ3v) is 10.2. The number of carbonyl (C=O) groups is 1. The van der Waals surface area contributed by atoms with Gasteiger partial charge in [-0.05, 0) is 96.9 Å². The first-order valence-electron chi connectivity index (χ1n) is 12.5. The zero-order valence-corrected chi connectivity index (χ0v) is 19.2. The highest BCUT2D eigenvalue weighted by Crippen LogP contribution is 2.67. The van der Waals surface area contributed by atoms with Crippen molar-refractivity contribution in [2.75, 3.05) is 0 Å². The molecule has 8 atom stereocenters. The van der Waals surface area contributed by atoms with E-state index < -0.39 is 0 Å². The SMILES string of the molecule is CC(C)CCC[C@@H](C)C1CCC2C3CC[C@H]4CC(=O)C=CC4(C)C3CCC21C.